The molecule has 14 nitrogen and oxygen atoms in total. The molecule has 0 bridgehead atoms. The lowest BCUT2D eigenvalue weighted by molar-refractivity contribution is -0.131. The van der Waals surface area contributed by atoms with Crippen LogP contribution in [0.15, 0.2) is 151 Å². The molecule has 11 rings (SSSR count). The Morgan fingerprint density at radius 3 is 2.12 bits per heavy atom. The smallest absolute Gasteiger partial charge is 0.328 e. The maximum absolute atomic E-state index is 13.5. The standard InChI is InChI=1S/C25H24N4O3.C18H15N3OS.C18H21N3/c1-25(2,3)20-13-19(29(4)28-20)23(32)18-14-27-24-22(18)17(10-11-26-24)16-7-5-6-15(12-16)8-9-21(30)31;1-22-16-3-2-12(9-20-16)8-14-10-21-18-17(14)15(4-6-19-18)13-5-7-23-11-13;1-13(2)5-7-16-8-6-14(11-20-16)10-15-12-21-18-17(15)4-3-9-19-18/h5-14H,1-4H3,(H,26,27)(H,30,31);2-7,9-11H,8H2,1H3,(H,19,21);3-4,6,8-9,11-13H,5,7,10H2,1-2H3,(H,19,21)/b9-8+;;. The van der Waals surface area contributed by atoms with Crippen LogP contribution in [0.5, 0.6) is 5.88 Å². The zero-order valence-corrected chi connectivity index (χ0v) is 44.4. The van der Waals surface area contributed by atoms with Crippen molar-refractivity contribution < 1.29 is 19.4 Å². The van der Waals surface area contributed by atoms with E-state index in [1.165, 1.54) is 56.8 Å². The van der Waals surface area contributed by atoms with Crippen molar-refractivity contribution in [3.05, 3.63) is 202 Å². The molecule has 1 aromatic carbocycles. The zero-order chi connectivity index (χ0) is 53.3. The first-order valence-electron chi connectivity index (χ1n) is 25.1. The van der Waals surface area contributed by atoms with Crippen LogP contribution >= 0.6 is 11.3 Å². The third-order valence-corrected chi connectivity index (χ3v) is 13.7. The minimum atomic E-state index is -1.01. The van der Waals surface area contributed by atoms with Crippen LogP contribution < -0.4 is 4.74 Å². The van der Waals surface area contributed by atoms with Crippen LogP contribution in [0.3, 0.4) is 0 Å². The van der Waals surface area contributed by atoms with Crippen molar-refractivity contribution in [2.75, 3.05) is 7.11 Å². The van der Waals surface area contributed by atoms with Gasteiger partial charge in [0.1, 0.15) is 22.6 Å². The lowest BCUT2D eigenvalue weighted by Gasteiger charge is -2.13. The van der Waals surface area contributed by atoms with E-state index in [9.17, 15) is 9.59 Å². The van der Waals surface area contributed by atoms with Crippen molar-refractivity contribution in [1.82, 2.24) is 49.7 Å². The van der Waals surface area contributed by atoms with Crippen molar-refractivity contribution >= 4 is 62.3 Å². The van der Waals surface area contributed by atoms with Gasteiger partial charge in [-0.3, -0.25) is 14.5 Å². The van der Waals surface area contributed by atoms with Gasteiger partial charge in [0, 0.05) is 109 Å². The molecule has 0 radical (unpaired) electrons. The largest absolute Gasteiger partial charge is 0.481 e. The molecule has 4 N–H and O–H groups in total. The van der Waals surface area contributed by atoms with Crippen LogP contribution in [0.25, 0.3) is 61.4 Å². The number of H-pyrrole nitrogens is 3. The summed E-state index contributed by atoms with van der Waals surface area (Å²) in [4.78, 5) is 56.0. The third-order valence-electron chi connectivity index (χ3n) is 13.0. The molecule has 10 heterocycles. The van der Waals surface area contributed by atoms with Gasteiger partial charge in [0.15, 0.2) is 0 Å². The number of benzene rings is 1. The van der Waals surface area contributed by atoms with E-state index in [1.807, 2.05) is 91.8 Å². The summed E-state index contributed by atoms with van der Waals surface area (Å²) >= 11 is 1.71. The first kappa shape index (κ1) is 52.1. The zero-order valence-electron chi connectivity index (χ0n) is 43.6. The molecule has 0 saturated heterocycles. The molecule has 0 atom stereocenters. The SMILES string of the molecule is CC(C)CCc1ccc(Cc2c[nH]c3ncccc23)cn1.COc1ccc(Cc2c[nH]c3nccc(-c4ccsc4)c23)cn1.Cn1nc(C(C)(C)C)cc1C(=O)c1c[nH]c2nccc(-c3cccc(/C=C/C(=O)O)c3)c12. The average Bonchev–Trinajstić information content (AvgIpc) is 4.31. The molecule has 0 spiro atoms. The normalized spacial score (nSPS) is 11.5. The van der Waals surface area contributed by atoms with E-state index >= 15 is 0 Å². The number of nitrogens with one attached hydrogen (secondary N) is 3. The summed E-state index contributed by atoms with van der Waals surface area (Å²) in [6.45, 7) is 10.7. The molecule has 0 aliphatic carbocycles. The number of rotatable bonds is 14. The molecule has 0 saturated carbocycles. The second-order valence-corrected chi connectivity index (χ2v) is 20.8. The Morgan fingerprint density at radius 2 is 1.45 bits per heavy atom. The van der Waals surface area contributed by atoms with E-state index < -0.39 is 5.97 Å². The van der Waals surface area contributed by atoms with Gasteiger partial charge >= 0.3 is 5.97 Å². The molecule has 15 heteroatoms. The maximum atomic E-state index is 13.5. The maximum Gasteiger partial charge on any atom is 0.328 e. The first-order valence-corrected chi connectivity index (χ1v) is 26.0. The molecule has 0 fully saturated rings. The number of methoxy groups -OCH3 is 1. The van der Waals surface area contributed by atoms with Crippen molar-refractivity contribution in [3.8, 4) is 28.1 Å². The molecular formula is C61H60N10O4S. The van der Waals surface area contributed by atoms with E-state index in [1.54, 1.807) is 42.6 Å². The van der Waals surface area contributed by atoms with Crippen LogP contribution in [-0.4, -0.2) is 73.6 Å². The first-order chi connectivity index (χ1) is 36.7. The monoisotopic (exact) mass is 1030 g/mol. The Hall–Kier alpha value is -8.82. The number of pyridine rings is 5. The number of carboxylic acid groups (broad SMARTS) is 1. The minimum Gasteiger partial charge on any atom is -0.481 e. The number of aromatic amines is 3. The summed E-state index contributed by atoms with van der Waals surface area (Å²) in [5, 5.41) is 20.8. The highest BCUT2D eigenvalue weighted by Crippen LogP contribution is 2.34. The summed E-state index contributed by atoms with van der Waals surface area (Å²) < 4.78 is 6.74. The van der Waals surface area contributed by atoms with Gasteiger partial charge in [-0.15, -0.1) is 0 Å². The number of aliphatic carboxylic acids is 1. The van der Waals surface area contributed by atoms with Crippen LogP contribution in [0.1, 0.15) is 96.3 Å². The number of hydrogen-bond acceptors (Lipinski definition) is 10. The van der Waals surface area contributed by atoms with Gasteiger partial charge in [-0.2, -0.15) is 16.4 Å². The number of ketones is 1. The second kappa shape index (κ2) is 23.2. The molecule has 76 heavy (non-hydrogen) atoms. The molecule has 384 valence electrons. The van der Waals surface area contributed by atoms with E-state index in [4.69, 9.17) is 9.84 Å². The summed E-state index contributed by atoms with van der Waals surface area (Å²) in [5.74, 6) is 0.211. The van der Waals surface area contributed by atoms with Crippen molar-refractivity contribution in [1.29, 1.82) is 0 Å². The fraction of sp³-hybridized carbons (Fsp3) is 0.213. The van der Waals surface area contributed by atoms with E-state index in [0.717, 1.165) is 75.9 Å². The summed E-state index contributed by atoms with van der Waals surface area (Å²) in [5.41, 5.74) is 15.1. The molecular weight excluding hydrogens is 969 g/mol. The molecule has 0 aliphatic heterocycles. The minimum absolute atomic E-state index is 0.141. The van der Waals surface area contributed by atoms with E-state index in [2.05, 4.69) is 121 Å². The number of ether oxygens (including phenoxy) is 1. The highest BCUT2D eigenvalue weighted by molar-refractivity contribution is 7.08. The highest BCUT2D eigenvalue weighted by Gasteiger charge is 2.25. The Balaban J connectivity index is 0.000000143. The topological polar surface area (TPSA) is 193 Å². The molecule has 11 aromatic rings. The fourth-order valence-corrected chi connectivity index (χ4v) is 9.59. The van der Waals surface area contributed by atoms with Gasteiger partial charge < -0.3 is 24.8 Å². The van der Waals surface area contributed by atoms with Gasteiger partial charge in [0.2, 0.25) is 11.7 Å². The van der Waals surface area contributed by atoms with Gasteiger partial charge in [-0.05, 0) is 134 Å². The Labute approximate surface area is 445 Å². The fourth-order valence-electron chi connectivity index (χ4n) is 8.94. The number of hydrogen-bond donors (Lipinski definition) is 4. The predicted molar refractivity (Wildman–Crippen MR) is 303 cm³/mol. The summed E-state index contributed by atoms with van der Waals surface area (Å²) in [6.07, 6.45) is 21.6. The van der Waals surface area contributed by atoms with Crippen molar-refractivity contribution in [2.45, 2.75) is 65.7 Å². The Kier molecular flexibility index (Phi) is 15.9. The molecule has 0 unspecified atom stereocenters. The average molecular weight is 1030 g/mol. The van der Waals surface area contributed by atoms with Crippen LogP contribution in [0, 0.1) is 5.92 Å². The third kappa shape index (κ3) is 12.2. The van der Waals surface area contributed by atoms with Gasteiger partial charge in [0.25, 0.3) is 0 Å². The number of nitrogens with zero attached hydrogens (tertiary/aromatic N) is 7. The summed E-state index contributed by atoms with van der Waals surface area (Å²) in [7, 11) is 3.40. The second-order valence-electron chi connectivity index (χ2n) is 20.0. The quantitative estimate of drug-likeness (QED) is 0.0601. The number of aromatic nitrogens is 10. The number of aryl methyl sites for hydroxylation is 2. The van der Waals surface area contributed by atoms with Crippen molar-refractivity contribution in [3.63, 3.8) is 0 Å². The highest BCUT2D eigenvalue weighted by atomic mass is 32.1. The molecule has 0 amide bonds. The van der Waals surface area contributed by atoms with Crippen LogP contribution in [-0.2, 0) is 36.5 Å². The van der Waals surface area contributed by atoms with E-state index in [0.29, 0.717) is 22.8 Å². The summed E-state index contributed by atoms with van der Waals surface area (Å²) in [6, 6.07) is 27.8. The predicted octanol–water partition coefficient (Wildman–Crippen LogP) is 13.0. The van der Waals surface area contributed by atoms with Crippen LogP contribution in [0.2, 0.25) is 0 Å². The van der Waals surface area contributed by atoms with Crippen LogP contribution in [0.4, 0.5) is 0 Å². The number of carbonyl (C=O) groups excluding carboxylic acids is 1. The van der Waals surface area contributed by atoms with Gasteiger partial charge in [0.05, 0.1) is 18.4 Å². The van der Waals surface area contributed by atoms with E-state index in [-0.39, 0.29) is 11.2 Å². The number of carbonyl (C=O) groups is 2. The number of thiophene rings is 1. The van der Waals surface area contributed by atoms with Gasteiger partial charge in [-0.1, -0.05) is 65.0 Å². The van der Waals surface area contributed by atoms with Crippen molar-refractivity contribution in [2.24, 2.45) is 13.0 Å². The number of carboxylic acids is 1. The Bertz CT molecular complexity index is 3780. The Morgan fingerprint density at radius 1 is 0.750 bits per heavy atom. The molecule has 0 aliphatic rings. The number of fused-ring (bicyclic) bond motifs is 3. The lowest BCUT2D eigenvalue weighted by atomic mass is 9.91. The lowest BCUT2D eigenvalue weighted by Crippen LogP contribution is -2.12. The van der Waals surface area contributed by atoms with Gasteiger partial charge in [-0.25, -0.2) is 24.7 Å². The molecule has 10 aromatic heterocycles.